The molecule has 2 N–H and O–H groups in total. The van der Waals surface area contributed by atoms with Crippen molar-refractivity contribution < 1.29 is 31.9 Å². The van der Waals surface area contributed by atoms with E-state index in [1.165, 1.54) is 0 Å². The minimum Gasteiger partial charge on any atom is -0.480 e. The molecule has 15 heavy (non-hydrogen) atoms. The fourth-order valence-corrected chi connectivity index (χ4v) is 1.56. The Morgan fingerprint density at radius 2 is 1.80 bits per heavy atom. The van der Waals surface area contributed by atoms with Crippen molar-refractivity contribution in [3.63, 3.8) is 0 Å². The average molecular weight is 233 g/mol. The summed E-state index contributed by atoms with van der Waals surface area (Å²) < 4.78 is 61.5. The van der Waals surface area contributed by atoms with E-state index < -0.39 is 36.4 Å². The summed E-state index contributed by atoms with van der Waals surface area (Å²) in [6.07, 6.45) is -6.22. The molecule has 0 unspecified atom stereocenters. The van der Waals surface area contributed by atoms with Crippen molar-refractivity contribution in [3.8, 4) is 0 Å². The van der Waals surface area contributed by atoms with Crippen molar-refractivity contribution in [3.05, 3.63) is 0 Å². The van der Waals surface area contributed by atoms with E-state index in [1.807, 2.05) is 0 Å². The Morgan fingerprint density at radius 3 is 2.20 bits per heavy atom. The van der Waals surface area contributed by atoms with Crippen molar-refractivity contribution in [1.82, 2.24) is 5.32 Å². The third-order valence-corrected chi connectivity index (χ3v) is 2.33. The smallest absolute Gasteiger partial charge is 0.453 e. The van der Waals surface area contributed by atoms with Crippen LogP contribution in [-0.2, 0) is 4.79 Å². The van der Waals surface area contributed by atoms with E-state index in [4.69, 9.17) is 5.11 Å². The molecule has 1 fully saturated rings. The largest absolute Gasteiger partial charge is 0.480 e. The Bertz CT molecular complexity index is 265. The van der Waals surface area contributed by atoms with Crippen LogP contribution in [0.25, 0.3) is 0 Å². The van der Waals surface area contributed by atoms with Crippen molar-refractivity contribution in [1.29, 1.82) is 0 Å². The molecule has 0 radical (unpaired) electrons. The Kier molecular flexibility index (Phi) is 2.90. The minimum atomic E-state index is -5.71. The molecule has 1 aliphatic heterocycles. The summed E-state index contributed by atoms with van der Waals surface area (Å²) in [6.45, 7) is -0.159. The van der Waals surface area contributed by atoms with Gasteiger partial charge in [0.2, 0.25) is 0 Å². The summed E-state index contributed by atoms with van der Waals surface area (Å²) in [5.74, 6) is -8.91. The summed E-state index contributed by atoms with van der Waals surface area (Å²) >= 11 is 0. The van der Waals surface area contributed by atoms with Crippen LogP contribution in [0.3, 0.4) is 0 Å². The highest BCUT2D eigenvalue weighted by Crippen LogP contribution is 2.45. The lowest BCUT2D eigenvalue weighted by Crippen LogP contribution is -2.50. The summed E-state index contributed by atoms with van der Waals surface area (Å²) in [5, 5.41) is 10.6. The molecule has 1 saturated heterocycles. The monoisotopic (exact) mass is 233 g/mol. The molecule has 1 heterocycles. The van der Waals surface area contributed by atoms with Gasteiger partial charge in [0.1, 0.15) is 6.04 Å². The molecule has 1 aliphatic rings. The first kappa shape index (κ1) is 12.2. The third kappa shape index (κ3) is 2.04. The van der Waals surface area contributed by atoms with Gasteiger partial charge >= 0.3 is 18.1 Å². The van der Waals surface area contributed by atoms with Crippen LogP contribution in [0.15, 0.2) is 0 Å². The predicted octanol–water partition coefficient (Wildman–Crippen LogP) is 1.25. The van der Waals surface area contributed by atoms with Gasteiger partial charge in [-0.05, 0) is 13.0 Å². The topological polar surface area (TPSA) is 49.3 Å². The van der Waals surface area contributed by atoms with Crippen LogP contribution >= 0.6 is 0 Å². The van der Waals surface area contributed by atoms with Gasteiger partial charge in [0.05, 0.1) is 5.92 Å². The number of alkyl halides is 5. The highest BCUT2D eigenvalue weighted by molar-refractivity contribution is 5.74. The number of carbonyl (C=O) groups is 1. The molecule has 0 saturated carbocycles. The molecule has 3 nitrogen and oxygen atoms in total. The second-order valence-electron chi connectivity index (χ2n) is 3.29. The molecule has 2 atom stereocenters. The molecule has 8 heteroatoms. The molecule has 0 bridgehead atoms. The number of carboxylic acid groups (broad SMARTS) is 1. The van der Waals surface area contributed by atoms with Gasteiger partial charge in [-0.1, -0.05) is 0 Å². The number of hydrogen-bond donors (Lipinski definition) is 2. The molecule has 0 spiro atoms. The standard InChI is InChI=1S/C7H8F5NO2/c8-6(9,7(10,11)12)3-1-2-13-4(3)5(14)15/h3-4,13H,1-2H2,(H,14,15)/t3-,4+/m1/s1. The minimum absolute atomic E-state index is 0.159. The number of hydrogen-bond acceptors (Lipinski definition) is 2. The van der Waals surface area contributed by atoms with Crippen molar-refractivity contribution in [2.24, 2.45) is 5.92 Å². The highest BCUT2D eigenvalue weighted by Gasteiger charge is 2.65. The van der Waals surface area contributed by atoms with Gasteiger partial charge in [-0.3, -0.25) is 4.79 Å². The molecule has 0 aromatic heterocycles. The summed E-state index contributed by atoms with van der Waals surface area (Å²) in [4.78, 5) is 10.4. The lowest BCUT2D eigenvalue weighted by molar-refractivity contribution is -0.303. The zero-order chi connectivity index (χ0) is 11.9. The molecule has 88 valence electrons. The fraction of sp³-hybridized carbons (Fsp3) is 0.857. The average Bonchev–Trinajstić information content (AvgIpc) is 2.48. The van der Waals surface area contributed by atoms with Crippen molar-refractivity contribution >= 4 is 5.97 Å². The Balaban J connectivity index is 2.91. The molecule has 1 rings (SSSR count). The van der Waals surface area contributed by atoms with Gasteiger partial charge in [-0.2, -0.15) is 22.0 Å². The summed E-state index contributed by atoms with van der Waals surface area (Å²) in [6, 6.07) is -1.85. The molecule has 0 amide bonds. The second kappa shape index (κ2) is 3.58. The van der Waals surface area contributed by atoms with Crippen LogP contribution in [-0.4, -0.2) is 35.8 Å². The van der Waals surface area contributed by atoms with E-state index in [-0.39, 0.29) is 6.54 Å². The Hall–Kier alpha value is -0.920. The lowest BCUT2D eigenvalue weighted by Gasteiger charge is -2.27. The van der Waals surface area contributed by atoms with Crippen molar-refractivity contribution in [2.45, 2.75) is 24.6 Å². The van der Waals surface area contributed by atoms with Gasteiger partial charge in [0.15, 0.2) is 0 Å². The third-order valence-electron chi connectivity index (χ3n) is 2.33. The Labute approximate surface area is 81.3 Å². The van der Waals surface area contributed by atoms with Crippen molar-refractivity contribution in [2.75, 3.05) is 6.54 Å². The number of rotatable bonds is 2. The van der Waals surface area contributed by atoms with Crippen LogP contribution in [0.4, 0.5) is 22.0 Å². The van der Waals surface area contributed by atoms with Gasteiger partial charge in [-0.25, -0.2) is 0 Å². The van der Waals surface area contributed by atoms with Crippen LogP contribution in [0, 0.1) is 5.92 Å². The van der Waals surface area contributed by atoms with E-state index in [0.29, 0.717) is 0 Å². The molecule has 0 aromatic rings. The first-order chi connectivity index (χ1) is 6.68. The number of halogens is 5. The zero-order valence-corrected chi connectivity index (χ0v) is 7.31. The van der Waals surface area contributed by atoms with E-state index in [0.717, 1.165) is 0 Å². The van der Waals surface area contributed by atoms with Crippen LogP contribution < -0.4 is 5.32 Å². The van der Waals surface area contributed by atoms with Gasteiger partial charge in [-0.15, -0.1) is 0 Å². The predicted molar refractivity (Wildman–Crippen MR) is 38.5 cm³/mol. The van der Waals surface area contributed by atoms with Gasteiger partial charge in [0.25, 0.3) is 0 Å². The number of nitrogens with one attached hydrogen (secondary N) is 1. The maximum Gasteiger partial charge on any atom is 0.453 e. The van der Waals surface area contributed by atoms with E-state index in [2.05, 4.69) is 5.32 Å². The molecule has 0 aliphatic carbocycles. The normalized spacial score (nSPS) is 28.1. The van der Waals surface area contributed by atoms with E-state index in [1.54, 1.807) is 0 Å². The Morgan fingerprint density at radius 1 is 1.27 bits per heavy atom. The first-order valence-electron chi connectivity index (χ1n) is 4.08. The van der Waals surface area contributed by atoms with E-state index in [9.17, 15) is 26.7 Å². The van der Waals surface area contributed by atoms with Crippen LogP contribution in [0.5, 0.6) is 0 Å². The van der Waals surface area contributed by atoms with E-state index >= 15 is 0 Å². The summed E-state index contributed by atoms with van der Waals surface area (Å²) in [5.41, 5.74) is 0. The molecule has 0 aromatic carbocycles. The zero-order valence-electron chi connectivity index (χ0n) is 7.31. The summed E-state index contributed by atoms with van der Waals surface area (Å²) in [7, 11) is 0. The first-order valence-corrected chi connectivity index (χ1v) is 4.08. The van der Waals surface area contributed by atoms with Crippen LogP contribution in [0.1, 0.15) is 6.42 Å². The van der Waals surface area contributed by atoms with Gasteiger partial charge in [0, 0.05) is 0 Å². The van der Waals surface area contributed by atoms with Crippen LogP contribution in [0.2, 0.25) is 0 Å². The maximum atomic E-state index is 12.8. The maximum absolute atomic E-state index is 12.8. The second-order valence-corrected chi connectivity index (χ2v) is 3.29. The lowest BCUT2D eigenvalue weighted by atomic mass is 9.93. The fourth-order valence-electron chi connectivity index (χ4n) is 1.56. The highest BCUT2D eigenvalue weighted by atomic mass is 19.4. The molecular formula is C7H8F5NO2. The number of carboxylic acids is 1. The quantitative estimate of drug-likeness (QED) is 0.705. The number of aliphatic carboxylic acids is 1. The van der Waals surface area contributed by atoms with Gasteiger partial charge < -0.3 is 10.4 Å². The molecular weight excluding hydrogens is 225 g/mol. The SMILES string of the molecule is O=C(O)[C@H]1NCC[C@H]1C(F)(F)C(F)(F)F.